The second-order valence-corrected chi connectivity index (χ2v) is 6.04. The second-order valence-electron chi connectivity index (χ2n) is 5.02. The molecular weight excluding hydrogens is 396 g/mol. The van der Waals surface area contributed by atoms with Crippen molar-refractivity contribution in [3.05, 3.63) is 57.0 Å². The van der Waals surface area contributed by atoms with Crippen LogP contribution in [0.3, 0.4) is 0 Å². The van der Waals surface area contributed by atoms with Gasteiger partial charge in [-0.15, -0.1) is 0 Å². The number of aromatic amines is 1. The van der Waals surface area contributed by atoms with E-state index in [1.54, 1.807) is 12.1 Å². The van der Waals surface area contributed by atoms with Crippen molar-refractivity contribution in [2.24, 2.45) is 0 Å². The first-order chi connectivity index (χ1) is 10.6. The van der Waals surface area contributed by atoms with Crippen LogP contribution in [0.2, 0.25) is 0 Å². The molecule has 0 radical (unpaired) electrons. The van der Waals surface area contributed by atoms with E-state index in [1.807, 2.05) is 18.2 Å². The molecule has 2 heterocycles. The zero-order chi connectivity index (χ0) is 15.3. The van der Waals surface area contributed by atoms with E-state index in [0.29, 0.717) is 16.8 Å². The van der Waals surface area contributed by atoms with E-state index in [9.17, 15) is 9.18 Å². The van der Waals surface area contributed by atoms with E-state index in [1.165, 1.54) is 12.1 Å². The van der Waals surface area contributed by atoms with Gasteiger partial charge in [0.05, 0.1) is 5.52 Å². The first-order valence-electron chi connectivity index (χ1n) is 6.58. The fourth-order valence-corrected chi connectivity index (χ4v) is 3.15. The molecule has 0 bridgehead atoms. The summed E-state index contributed by atoms with van der Waals surface area (Å²) in [7, 11) is 0. The minimum Gasteiger partial charge on any atom is -0.321 e. The smallest absolute Gasteiger partial charge is 0.256 e. The molecule has 4 nitrogen and oxygen atoms in total. The van der Waals surface area contributed by atoms with Gasteiger partial charge in [0, 0.05) is 22.2 Å². The average Bonchev–Trinajstić information content (AvgIpc) is 3.01. The summed E-state index contributed by atoms with van der Waals surface area (Å²) in [5, 5.41) is 10.9. The van der Waals surface area contributed by atoms with Crippen molar-refractivity contribution in [2.75, 3.05) is 5.32 Å². The van der Waals surface area contributed by atoms with Gasteiger partial charge in [0.25, 0.3) is 5.91 Å². The lowest BCUT2D eigenvalue weighted by Crippen LogP contribution is -2.03. The van der Waals surface area contributed by atoms with Crippen molar-refractivity contribution < 1.29 is 9.18 Å². The number of rotatable bonds is 1. The Morgan fingerprint density at radius 2 is 2.05 bits per heavy atom. The SMILES string of the molecule is O=C1Nc2ccc(F)cc2C1=Cc1ccc2c(I)n[nH]c2c1. The average molecular weight is 405 g/mol. The topological polar surface area (TPSA) is 57.8 Å². The molecule has 0 fully saturated rings. The van der Waals surface area contributed by atoms with E-state index < -0.39 is 0 Å². The van der Waals surface area contributed by atoms with Crippen LogP contribution in [0.15, 0.2) is 36.4 Å². The number of benzene rings is 2. The molecular formula is C16H9FIN3O. The zero-order valence-corrected chi connectivity index (χ0v) is 13.3. The number of hydrogen-bond acceptors (Lipinski definition) is 2. The van der Waals surface area contributed by atoms with Crippen LogP contribution in [0, 0.1) is 9.52 Å². The third kappa shape index (κ3) is 2.10. The van der Waals surface area contributed by atoms with Crippen LogP contribution in [0.25, 0.3) is 22.6 Å². The minimum atomic E-state index is -0.361. The summed E-state index contributed by atoms with van der Waals surface area (Å²) >= 11 is 2.16. The normalized spacial score (nSPS) is 15.4. The molecule has 0 spiro atoms. The third-order valence-electron chi connectivity index (χ3n) is 3.62. The Balaban J connectivity index is 1.84. The molecule has 0 saturated carbocycles. The highest BCUT2D eigenvalue weighted by atomic mass is 127. The molecule has 0 atom stereocenters. The maximum absolute atomic E-state index is 13.4. The van der Waals surface area contributed by atoms with Crippen molar-refractivity contribution >= 4 is 56.7 Å². The molecule has 22 heavy (non-hydrogen) atoms. The molecule has 1 aliphatic heterocycles. The Morgan fingerprint density at radius 3 is 2.91 bits per heavy atom. The summed E-state index contributed by atoms with van der Waals surface area (Å²) in [6, 6.07) is 10.1. The molecule has 1 aliphatic rings. The maximum Gasteiger partial charge on any atom is 0.256 e. The van der Waals surface area contributed by atoms with Gasteiger partial charge in [0.2, 0.25) is 0 Å². The summed E-state index contributed by atoms with van der Waals surface area (Å²) in [5.74, 6) is -0.584. The first-order valence-corrected chi connectivity index (χ1v) is 7.66. The molecule has 6 heteroatoms. The lowest BCUT2D eigenvalue weighted by atomic mass is 10.0. The number of fused-ring (bicyclic) bond motifs is 2. The van der Waals surface area contributed by atoms with Gasteiger partial charge in [0.15, 0.2) is 0 Å². The van der Waals surface area contributed by atoms with E-state index in [2.05, 4.69) is 38.1 Å². The first kappa shape index (κ1) is 13.4. The van der Waals surface area contributed by atoms with Gasteiger partial charge in [-0.25, -0.2) is 4.39 Å². The number of hydrogen-bond donors (Lipinski definition) is 2. The van der Waals surface area contributed by atoms with Gasteiger partial charge in [-0.3, -0.25) is 9.89 Å². The van der Waals surface area contributed by atoms with Crippen molar-refractivity contribution in [2.45, 2.75) is 0 Å². The number of nitrogens with zero attached hydrogens (tertiary/aromatic N) is 1. The summed E-state index contributed by atoms with van der Waals surface area (Å²) in [6.45, 7) is 0. The van der Waals surface area contributed by atoms with E-state index >= 15 is 0 Å². The van der Waals surface area contributed by atoms with Crippen LogP contribution in [0.5, 0.6) is 0 Å². The van der Waals surface area contributed by atoms with E-state index in [4.69, 9.17) is 0 Å². The van der Waals surface area contributed by atoms with Crippen LogP contribution >= 0.6 is 22.6 Å². The summed E-state index contributed by atoms with van der Waals surface area (Å²) in [5.41, 5.74) is 3.44. The Hall–Kier alpha value is -2.22. The predicted octanol–water partition coefficient (Wildman–Crippen LogP) is 3.80. The molecule has 0 saturated heterocycles. The molecule has 0 unspecified atom stereocenters. The molecule has 1 aromatic heterocycles. The van der Waals surface area contributed by atoms with Crippen LogP contribution in [-0.4, -0.2) is 16.1 Å². The number of carbonyl (C=O) groups excluding carboxylic acids is 1. The van der Waals surface area contributed by atoms with Gasteiger partial charge in [-0.2, -0.15) is 5.10 Å². The predicted molar refractivity (Wildman–Crippen MR) is 91.7 cm³/mol. The molecule has 3 aromatic rings. The zero-order valence-electron chi connectivity index (χ0n) is 11.2. The second kappa shape index (κ2) is 4.91. The Bertz CT molecular complexity index is 961. The van der Waals surface area contributed by atoms with Crippen LogP contribution < -0.4 is 5.32 Å². The van der Waals surface area contributed by atoms with Crippen LogP contribution in [-0.2, 0) is 4.79 Å². The van der Waals surface area contributed by atoms with Crippen LogP contribution in [0.1, 0.15) is 11.1 Å². The number of carbonyl (C=O) groups is 1. The highest BCUT2D eigenvalue weighted by Gasteiger charge is 2.24. The lowest BCUT2D eigenvalue weighted by Gasteiger charge is -1.99. The number of amides is 1. The number of H-pyrrole nitrogens is 1. The molecule has 108 valence electrons. The monoisotopic (exact) mass is 405 g/mol. The number of halogens is 2. The van der Waals surface area contributed by atoms with Gasteiger partial charge in [-0.1, -0.05) is 6.07 Å². The summed E-state index contributed by atoms with van der Waals surface area (Å²) in [6.07, 6.45) is 1.76. The highest BCUT2D eigenvalue weighted by molar-refractivity contribution is 14.1. The van der Waals surface area contributed by atoms with Gasteiger partial charge < -0.3 is 5.32 Å². The lowest BCUT2D eigenvalue weighted by molar-refractivity contribution is -0.110. The minimum absolute atomic E-state index is 0.222. The molecule has 4 rings (SSSR count). The highest BCUT2D eigenvalue weighted by Crippen LogP contribution is 2.33. The molecule has 2 aromatic carbocycles. The van der Waals surface area contributed by atoms with Gasteiger partial charge in [0.1, 0.15) is 9.52 Å². The Morgan fingerprint density at radius 1 is 1.18 bits per heavy atom. The summed E-state index contributed by atoms with van der Waals surface area (Å²) in [4.78, 5) is 12.1. The van der Waals surface area contributed by atoms with Crippen molar-refractivity contribution in [1.29, 1.82) is 0 Å². The third-order valence-corrected chi connectivity index (χ3v) is 4.44. The van der Waals surface area contributed by atoms with Crippen molar-refractivity contribution in [3.63, 3.8) is 0 Å². The van der Waals surface area contributed by atoms with Gasteiger partial charge >= 0.3 is 0 Å². The van der Waals surface area contributed by atoms with Gasteiger partial charge in [-0.05, 0) is 64.6 Å². The fourth-order valence-electron chi connectivity index (χ4n) is 2.56. The quantitative estimate of drug-likeness (QED) is 0.478. The Kier molecular flexibility index (Phi) is 3.00. The van der Waals surface area contributed by atoms with E-state index in [0.717, 1.165) is 20.2 Å². The number of nitrogens with one attached hydrogen (secondary N) is 2. The van der Waals surface area contributed by atoms with Crippen LogP contribution in [0.4, 0.5) is 10.1 Å². The van der Waals surface area contributed by atoms with Crippen molar-refractivity contribution in [3.8, 4) is 0 Å². The largest absolute Gasteiger partial charge is 0.321 e. The maximum atomic E-state index is 13.4. The number of aromatic nitrogens is 2. The standard InChI is InChI=1S/C16H9FIN3O/c17-9-2-4-13-11(7-9)12(16(22)19-13)5-8-1-3-10-14(6-8)20-21-15(10)18/h1-7H,(H,19,22)(H,20,21). The Labute approximate surface area is 138 Å². The molecule has 1 amide bonds. The summed E-state index contributed by atoms with van der Waals surface area (Å²) < 4.78 is 14.3. The molecule has 0 aliphatic carbocycles. The van der Waals surface area contributed by atoms with Crippen molar-refractivity contribution in [1.82, 2.24) is 10.2 Å². The van der Waals surface area contributed by atoms with E-state index in [-0.39, 0.29) is 11.7 Å². The number of anilines is 1. The molecule has 2 N–H and O–H groups in total. The fraction of sp³-hybridized carbons (Fsp3) is 0.